The van der Waals surface area contributed by atoms with Crippen LogP contribution in [0.1, 0.15) is 10.4 Å². The lowest BCUT2D eigenvalue weighted by molar-refractivity contribution is -0.384. The molecule has 2 rings (SSSR count). The van der Waals surface area contributed by atoms with Crippen LogP contribution in [-0.2, 0) is 0 Å². The van der Waals surface area contributed by atoms with Gasteiger partial charge in [0, 0.05) is 12.1 Å². The molecule has 0 spiro atoms. The fraction of sp³-hybridized carbons (Fsp3) is 0.0714. The van der Waals surface area contributed by atoms with E-state index in [1.807, 2.05) is 0 Å². The molecule has 21 heavy (non-hydrogen) atoms. The third kappa shape index (κ3) is 3.11. The number of carbonyl (C=O) groups is 1. The van der Waals surface area contributed by atoms with Gasteiger partial charge in [-0.3, -0.25) is 10.1 Å². The van der Waals surface area contributed by atoms with Crippen molar-refractivity contribution in [3.05, 3.63) is 57.1 Å². The monoisotopic (exact) mass is 307 g/mol. The van der Waals surface area contributed by atoms with Gasteiger partial charge in [0.15, 0.2) is 0 Å². The normalized spacial score (nSPS) is 10.2. The van der Waals surface area contributed by atoms with Crippen LogP contribution in [0.3, 0.4) is 0 Å². The highest BCUT2D eigenvalue weighted by molar-refractivity contribution is 6.32. The van der Waals surface area contributed by atoms with Gasteiger partial charge < -0.3 is 9.84 Å². The molecule has 6 nitrogen and oxygen atoms in total. The van der Waals surface area contributed by atoms with Gasteiger partial charge in [0.25, 0.3) is 5.69 Å². The molecule has 108 valence electrons. The summed E-state index contributed by atoms with van der Waals surface area (Å²) in [6, 6.07) is 8.48. The average Bonchev–Trinajstić information content (AvgIpc) is 2.47. The van der Waals surface area contributed by atoms with Crippen LogP contribution in [0.2, 0.25) is 5.02 Å². The first-order valence-corrected chi connectivity index (χ1v) is 6.17. The number of nitrogens with zero attached hydrogens (tertiary/aromatic N) is 1. The van der Waals surface area contributed by atoms with Crippen LogP contribution >= 0.6 is 11.6 Å². The molecule has 7 heteroatoms. The molecular weight excluding hydrogens is 298 g/mol. The van der Waals surface area contributed by atoms with Crippen molar-refractivity contribution >= 4 is 23.3 Å². The van der Waals surface area contributed by atoms with E-state index in [1.54, 1.807) is 18.2 Å². The van der Waals surface area contributed by atoms with Crippen molar-refractivity contribution in [1.82, 2.24) is 0 Å². The summed E-state index contributed by atoms with van der Waals surface area (Å²) in [7, 11) is 1.45. The fourth-order valence-corrected chi connectivity index (χ4v) is 2.04. The Balaban J connectivity index is 2.62. The van der Waals surface area contributed by atoms with Crippen LogP contribution in [0.5, 0.6) is 5.75 Å². The second kappa shape index (κ2) is 5.80. The summed E-state index contributed by atoms with van der Waals surface area (Å²) in [5.74, 6) is -0.835. The lowest BCUT2D eigenvalue weighted by Gasteiger charge is -2.07. The predicted octanol–water partition coefficient (Wildman–Crippen LogP) is 3.62. The minimum atomic E-state index is -1.24. The summed E-state index contributed by atoms with van der Waals surface area (Å²) in [4.78, 5) is 21.3. The number of ether oxygens (including phenoxy) is 1. The smallest absolute Gasteiger partial charge is 0.335 e. The number of rotatable bonds is 4. The Morgan fingerprint density at radius 3 is 2.52 bits per heavy atom. The molecule has 0 amide bonds. The van der Waals surface area contributed by atoms with E-state index in [0.717, 1.165) is 6.07 Å². The summed E-state index contributed by atoms with van der Waals surface area (Å²) in [5.41, 5.74) is 0.519. The average molecular weight is 308 g/mol. The summed E-state index contributed by atoms with van der Waals surface area (Å²) >= 11 is 5.92. The van der Waals surface area contributed by atoms with Gasteiger partial charge in [0.2, 0.25) is 0 Å². The van der Waals surface area contributed by atoms with E-state index < -0.39 is 10.9 Å². The zero-order chi connectivity index (χ0) is 15.6. The number of carboxylic acid groups (broad SMARTS) is 1. The Kier molecular flexibility index (Phi) is 4.09. The predicted molar refractivity (Wildman–Crippen MR) is 77.1 cm³/mol. The summed E-state index contributed by atoms with van der Waals surface area (Å²) in [6.07, 6.45) is 0. The Morgan fingerprint density at radius 2 is 1.95 bits per heavy atom. The number of hydrogen-bond donors (Lipinski definition) is 1. The van der Waals surface area contributed by atoms with E-state index in [4.69, 9.17) is 21.4 Å². The quantitative estimate of drug-likeness (QED) is 0.688. The number of methoxy groups -OCH3 is 1. The minimum Gasteiger partial charge on any atom is -0.495 e. The number of halogens is 1. The number of nitro benzene ring substituents is 1. The Hall–Kier alpha value is -2.60. The Labute approximate surface area is 124 Å². The largest absolute Gasteiger partial charge is 0.495 e. The van der Waals surface area contributed by atoms with E-state index in [2.05, 4.69) is 0 Å². The number of aromatic carboxylic acids is 1. The zero-order valence-electron chi connectivity index (χ0n) is 10.9. The minimum absolute atomic E-state index is 0.159. The zero-order valence-corrected chi connectivity index (χ0v) is 11.6. The molecule has 0 bridgehead atoms. The maximum absolute atomic E-state index is 11.1. The van der Waals surface area contributed by atoms with Gasteiger partial charge in [0.1, 0.15) is 5.75 Å². The highest BCUT2D eigenvalue weighted by atomic mass is 35.5. The number of carboxylic acids is 1. The molecular formula is C14H10ClNO5. The van der Waals surface area contributed by atoms with Crippen LogP contribution in [0.25, 0.3) is 11.1 Å². The molecule has 2 aromatic carbocycles. The summed E-state index contributed by atoms with van der Waals surface area (Å²) in [5, 5.41) is 20.3. The second-order valence-corrected chi connectivity index (χ2v) is 4.59. The lowest BCUT2D eigenvalue weighted by Crippen LogP contribution is -1.99. The van der Waals surface area contributed by atoms with Gasteiger partial charge >= 0.3 is 5.97 Å². The fourth-order valence-electron chi connectivity index (χ4n) is 1.85. The first-order valence-electron chi connectivity index (χ1n) is 5.79. The van der Waals surface area contributed by atoms with E-state index in [0.29, 0.717) is 21.9 Å². The first kappa shape index (κ1) is 14.8. The first-order chi connectivity index (χ1) is 9.92. The van der Waals surface area contributed by atoms with E-state index >= 15 is 0 Å². The van der Waals surface area contributed by atoms with Gasteiger partial charge in [-0.15, -0.1) is 0 Å². The van der Waals surface area contributed by atoms with Crippen LogP contribution in [0.15, 0.2) is 36.4 Å². The molecule has 2 aromatic rings. The summed E-state index contributed by atoms with van der Waals surface area (Å²) in [6.45, 7) is 0. The second-order valence-electron chi connectivity index (χ2n) is 4.18. The molecule has 0 unspecified atom stereocenters. The molecule has 0 atom stereocenters. The van der Waals surface area contributed by atoms with Gasteiger partial charge in [-0.05, 0) is 29.3 Å². The molecule has 0 radical (unpaired) electrons. The maximum atomic E-state index is 11.1. The molecule has 0 aromatic heterocycles. The number of hydrogen-bond acceptors (Lipinski definition) is 4. The van der Waals surface area contributed by atoms with Crippen molar-refractivity contribution in [3.63, 3.8) is 0 Å². The van der Waals surface area contributed by atoms with Crippen LogP contribution in [0, 0.1) is 10.1 Å². The van der Waals surface area contributed by atoms with Crippen molar-refractivity contribution < 1.29 is 19.6 Å². The van der Waals surface area contributed by atoms with E-state index in [1.165, 1.54) is 19.2 Å². The van der Waals surface area contributed by atoms with Gasteiger partial charge in [-0.2, -0.15) is 0 Å². The Morgan fingerprint density at radius 1 is 1.24 bits per heavy atom. The van der Waals surface area contributed by atoms with Crippen LogP contribution in [0.4, 0.5) is 5.69 Å². The van der Waals surface area contributed by atoms with Gasteiger partial charge in [-0.1, -0.05) is 17.7 Å². The van der Waals surface area contributed by atoms with Crippen molar-refractivity contribution in [3.8, 4) is 16.9 Å². The molecule has 1 N–H and O–H groups in total. The molecule has 0 fully saturated rings. The van der Waals surface area contributed by atoms with Crippen molar-refractivity contribution in [1.29, 1.82) is 0 Å². The molecule has 0 saturated carbocycles. The van der Waals surface area contributed by atoms with Gasteiger partial charge in [-0.25, -0.2) is 4.79 Å². The third-order valence-electron chi connectivity index (χ3n) is 2.86. The van der Waals surface area contributed by atoms with Crippen molar-refractivity contribution in [2.24, 2.45) is 0 Å². The van der Waals surface area contributed by atoms with Crippen molar-refractivity contribution in [2.75, 3.05) is 7.11 Å². The highest BCUT2D eigenvalue weighted by Gasteiger charge is 2.15. The summed E-state index contributed by atoms with van der Waals surface area (Å²) < 4.78 is 5.08. The number of non-ortho nitro benzene ring substituents is 1. The topological polar surface area (TPSA) is 89.7 Å². The number of nitro groups is 1. The molecule has 0 aliphatic rings. The lowest BCUT2D eigenvalue weighted by atomic mass is 10.0. The van der Waals surface area contributed by atoms with E-state index in [9.17, 15) is 14.9 Å². The standard InChI is InChI=1S/C14H10ClNO5/c1-21-13-7-8(2-3-12(13)15)9-4-10(14(17)18)6-11(5-9)16(19)20/h2-7H,1H3,(H,17,18). The third-order valence-corrected chi connectivity index (χ3v) is 3.17. The maximum Gasteiger partial charge on any atom is 0.335 e. The van der Waals surface area contributed by atoms with E-state index in [-0.39, 0.29) is 11.3 Å². The molecule has 0 saturated heterocycles. The number of benzene rings is 2. The van der Waals surface area contributed by atoms with Crippen molar-refractivity contribution in [2.45, 2.75) is 0 Å². The highest BCUT2D eigenvalue weighted by Crippen LogP contribution is 2.32. The molecule has 0 heterocycles. The SMILES string of the molecule is COc1cc(-c2cc(C(=O)O)cc([N+](=O)[O-])c2)ccc1Cl. The van der Waals surface area contributed by atoms with Gasteiger partial charge in [0.05, 0.1) is 22.6 Å². The molecule has 0 aliphatic heterocycles. The van der Waals surface area contributed by atoms with Crippen LogP contribution < -0.4 is 4.74 Å². The molecule has 0 aliphatic carbocycles. The van der Waals surface area contributed by atoms with Crippen LogP contribution in [-0.4, -0.2) is 23.1 Å². The Bertz CT molecular complexity index is 697.